The van der Waals surface area contributed by atoms with Crippen molar-refractivity contribution in [1.29, 1.82) is 0 Å². The Morgan fingerprint density at radius 1 is 0.562 bits per heavy atom. The molecule has 0 aliphatic heterocycles. The van der Waals surface area contributed by atoms with Gasteiger partial charge in [0.2, 0.25) is 0 Å². The van der Waals surface area contributed by atoms with E-state index in [2.05, 4.69) is 48.5 Å². The molecule has 0 heteroatoms. The molecule has 0 saturated carbocycles. The summed E-state index contributed by atoms with van der Waals surface area (Å²) in [4.78, 5) is 0. The number of rotatable bonds is 2. The summed E-state index contributed by atoms with van der Waals surface area (Å²) in [6, 6.07) is 0. The molecule has 0 bridgehead atoms. The molecule has 0 fully saturated rings. The van der Waals surface area contributed by atoms with Crippen molar-refractivity contribution in [2.24, 2.45) is 5.92 Å². The zero-order valence-electron chi connectivity index (χ0n) is 14.4. The van der Waals surface area contributed by atoms with Gasteiger partial charge >= 0.3 is 0 Å². The first-order valence-corrected chi connectivity index (χ1v) is 7.64. The predicted octanol–water partition coefficient (Wildman–Crippen LogP) is 7.33. The molecule has 0 aliphatic carbocycles. The highest BCUT2D eigenvalue weighted by Gasteiger charge is 1.88. The van der Waals surface area contributed by atoms with Gasteiger partial charge < -0.3 is 0 Å². The van der Waals surface area contributed by atoms with E-state index >= 15 is 0 Å². The number of hydrogen-bond donors (Lipinski definition) is 0. The van der Waals surface area contributed by atoms with E-state index in [0.29, 0.717) is 0 Å². The molecule has 16 heavy (non-hydrogen) atoms. The summed E-state index contributed by atoms with van der Waals surface area (Å²) in [5, 5.41) is 0. The highest BCUT2D eigenvalue weighted by atomic mass is 13.9. The topological polar surface area (TPSA) is 0 Å². The lowest BCUT2D eigenvalue weighted by Gasteiger charge is -1.98. The van der Waals surface area contributed by atoms with Gasteiger partial charge in [-0.25, -0.2) is 0 Å². The third-order valence-corrected chi connectivity index (χ3v) is 1.39. The van der Waals surface area contributed by atoms with E-state index in [9.17, 15) is 0 Å². The molecule has 0 radical (unpaired) electrons. The molecule has 0 aromatic carbocycles. The second kappa shape index (κ2) is 60.0. The molecule has 0 saturated heterocycles. The van der Waals surface area contributed by atoms with Crippen molar-refractivity contribution >= 4 is 0 Å². The van der Waals surface area contributed by atoms with Crippen LogP contribution < -0.4 is 0 Å². The van der Waals surface area contributed by atoms with Crippen LogP contribution in [0.25, 0.3) is 0 Å². The average Bonchev–Trinajstić information content (AvgIpc) is 2.35. The van der Waals surface area contributed by atoms with Gasteiger partial charge in [0.15, 0.2) is 0 Å². The maximum absolute atomic E-state index is 2.28. The van der Waals surface area contributed by atoms with Gasteiger partial charge in [0, 0.05) is 0 Å². The van der Waals surface area contributed by atoms with Crippen LogP contribution in [0.1, 0.15) is 102 Å². The second-order valence-electron chi connectivity index (χ2n) is 3.34. The Hall–Kier alpha value is 0. The van der Waals surface area contributed by atoms with Crippen molar-refractivity contribution in [3.8, 4) is 0 Å². The fourth-order valence-corrected chi connectivity index (χ4v) is 0.289. The molecule has 0 spiro atoms. The van der Waals surface area contributed by atoms with E-state index in [1.807, 2.05) is 27.7 Å². The highest BCUT2D eigenvalue weighted by Crippen LogP contribution is 2.02. The lowest BCUT2D eigenvalue weighted by atomic mass is 10.1. The van der Waals surface area contributed by atoms with Crippen molar-refractivity contribution in [3.05, 3.63) is 0 Å². The molecule has 0 rings (SSSR count). The van der Waals surface area contributed by atoms with Crippen molar-refractivity contribution in [2.75, 3.05) is 0 Å². The number of hydrogen-bond acceptors (Lipinski definition) is 0. The SMILES string of the molecule is CC.CC.CCC.CCC.CCC(C)CC. The average molecular weight is 235 g/mol. The summed E-state index contributed by atoms with van der Waals surface area (Å²) < 4.78 is 0. The van der Waals surface area contributed by atoms with Gasteiger partial charge in [-0.05, 0) is 5.92 Å². The first-order valence-electron chi connectivity index (χ1n) is 7.64. The second-order valence-corrected chi connectivity index (χ2v) is 3.34. The maximum Gasteiger partial charge on any atom is -0.0448 e. The minimum Gasteiger partial charge on any atom is -0.0683 e. The van der Waals surface area contributed by atoms with Gasteiger partial charge in [-0.3, -0.25) is 0 Å². The third kappa shape index (κ3) is 148. The molecular weight excluding hydrogens is 192 g/mol. The fraction of sp³-hybridized carbons (Fsp3) is 1.00. The Morgan fingerprint density at radius 3 is 0.688 bits per heavy atom. The first-order chi connectivity index (χ1) is 7.64. The largest absolute Gasteiger partial charge is 0.0683 e. The first kappa shape index (κ1) is 29.8. The normalized spacial score (nSPS) is 6.75. The van der Waals surface area contributed by atoms with Crippen LogP contribution in [0.2, 0.25) is 0 Å². The zero-order chi connectivity index (χ0) is 14.4. The molecule has 0 aromatic heterocycles. The van der Waals surface area contributed by atoms with Gasteiger partial charge in [-0.2, -0.15) is 0 Å². The summed E-state index contributed by atoms with van der Waals surface area (Å²) in [7, 11) is 0. The molecule has 0 aromatic rings. The van der Waals surface area contributed by atoms with Crippen LogP contribution in [0.5, 0.6) is 0 Å². The minimum atomic E-state index is 0.935. The van der Waals surface area contributed by atoms with E-state index in [0.717, 1.165) is 5.92 Å². The lowest BCUT2D eigenvalue weighted by Crippen LogP contribution is -1.85. The van der Waals surface area contributed by atoms with Gasteiger partial charge in [-0.1, -0.05) is 102 Å². The third-order valence-electron chi connectivity index (χ3n) is 1.39. The molecular formula is C16H42. The molecule has 106 valence electrons. The van der Waals surface area contributed by atoms with Crippen LogP contribution in [0.3, 0.4) is 0 Å². The van der Waals surface area contributed by atoms with Crippen LogP contribution in [0.15, 0.2) is 0 Å². The van der Waals surface area contributed by atoms with Gasteiger partial charge in [0.25, 0.3) is 0 Å². The van der Waals surface area contributed by atoms with E-state index in [1.165, 1.54) is 25.7 Å². The lowest BCUT2D eigenvalue weighted by molar-refractivity contribution is 0.544. The summed E-state index contributed by atoms with van der Waals surface area (Å²) in [5.74, 6) is 0.935. The molecule has 0 nitrogen and oxygen atoms in total. The fourth-order valence-electron chi connectivity index (χ4n) is 0.289. The van der Waals surface area contributed by atoms with Crippen LogP contribution in [0, 0.1) is 5.92 Å². The predicted molar refractivity (Wildman–Crippen MR) is 84.4 cm³/mol. The van der Waals surface area contributed by atoms with E-state index < -0.39 is 0 Å². The zero-order valence-corrected chi connectivity index (χ0v) is 14.4. The van der Waals surface area contributed by atoms with Crippen LogP contribution in [-0.2, 0) is 0 Å². The molecule has 0 N–H and O–H groups in total. The van der Waals surface area contributed by atoms with Crippen molar-refractivity contribution in [1.82, 2.24) is 0 Å². The quantitative estimate of drug-likeness (QED) is 0.469. The van der Waals surface area contributed by atoms with Gasteiger partial charge in [0.05, 0.1) is 0 Å². The van der Waals surface area contributed by atoms with Gasteiger partial charge in [0.1, 0.15) is 0 Å². The smallest absolute Gasteiger partial charge is 0.0448 e. The van der Waals surface area contributed by atoms with Crippen molar-refractivity contribution < 1.29 is 0 Å². The standard InChI is InChI=1S/C6H14.2C3H8.2C2H6/c1-4-6(3)5-2;2*1-3-2;2*1-2/h6H,4-5H2,1-3H3;2*3H2,1-2H3;2*1-2H3. The van der Waals surface area contributed by atoms with Crippen LogP contribution in [-0.4, -0.2) is 0 Å². The maximum atomic E-state index is 2.28. The van der Waals surface area contributed by atoms with Crippen molar-refractivity contribution in [2.45, 2.75) is 102 Å². The monoisotopic (exact) mass is 234 g/mol. The summed E-state index contributed by atoms with van der Waals surface area (Å²) >= 11 is 0. The molecule has 0 unspecified atom stereocenters. The van der Waals surface area contributed by atoms with Crippen LogP contribution in [0.4, 0.5) is 0 Å². The molecule has 0 aliphatic rings. The van der Waals surface area contributed by atoms with Crippen LogP contribution >= 0.6 is 0 Å². The Labute approximate surface area is 108 Å². The molecule has 0 atom stereocenters. The Morgan fingerprint density at radius 2 is 0.688 bits per heavy atom. The summed E-state index contributed by atoms with van der Waals surface area (Å²) in [5.41, 5.74) is 0. The molecule has 0 amide bonds. The Bertz CT molecular complexity index is 33.3. The summed E-state index contributed by atoms with van der Waals surface area (Å²) in [6.07, 6.45) is 5.16. The van der Waals surface area contributed by atoms with E-state index in [-0.39, 0.29) is 0 Å². The molecule has 0 heterocycles. The van der Waals surface area contributed by atoms with E-state index in [4.69, 9.17) is 0 Å². The van der Waals surface area contributed by atoms with Gasteiger partial charge in [-0.15, -0.1) is 0 Å². The Kier molecular flexibility index (Phi) is 112. The minimum absolute atomic E-state index is 0.935. The summed E-state index contributed by atoms with van der Waals surface area (Å²) in [6.45, 7) is 23.2. The van der Waals surface area contributed by atoms with Crippen molar-refractivity contribution in [3.63, 3.8) is 0 Å². The highest BCUT2D eigenvalue weighted by molar-refractivity contribution is 4.41. The van der Waals surface area contributed by atoms with E-state index in [1.54, 1.807) is 0 Å². The Balaban J connectivity index is -0.0000000349.